The van der Waals surface area contributed by atoms with Crippen LogP contribution in [0.3, 0.4) is 0 Å². The number of halogens is 1. The van der Waals surface area contributed by atoms with Crippen LogP contribution >= 0.6 is 0 Å². The van der Waals surface area contributed by atoms with Gasteiger partial charge in [0.1, 0.15) is 11.3 Å². The zero-order chi connectivity index (χ0) is 29.3. The monoisotopic (exact) mass is 575 g/mol. The molecule has 0 radical (unpaired) electrons. The Hall–Kier alpha value is -4.45. The minimum atomic E-state index is -1.35. The van der Waals surface area contributed by atoms with E-state index in [2.05, 4.69) is 10.1 Å². The minimum absolute atomic E-state index is 0.00677. The number of methoxy groups -OCH3 is 1. The Morgan fingerprint density at radius 3 is 2.67 bits per heavy atom. The summed E-state index contributed by atoms with van der Waals surface area (Å²) in [7, 11) is 1.44. The first-order valence-corrected chi connectivity index (χ1v) is 14.1. The molecule has 4 heterocycles. The van der Waals surface area contributed by atoms with Gasteiger partial charge in [-0.3, -0.25) is 14.3 Å². The van der Waals surface area contributed by atoms with Crippen molar-refractivity contribution >= 4 is 39.1 Å². The van der Waals surface area contributed by atoms with Crippen molar-refractivity contribution in [1.29, 1.82) is 0 Å². The van der Waals surface area contributed by atoms with Gasteiger partial charge in [0.25, 0.3) is 0 Å². The molecule has 2 N–H and O–H groups in total. The largest absolute Gasteiger partial charge is 0.493 e. The molecule has 2 aromatic carbocycles. The van der Waals surface area contributed by atoms with Crippen molar-refractivity contribution in [3.8, 4) is 11.6 Å². The molecule has 1 saturated carbocycles. The third-order valence-corrected chi connectivity index (χ3v) is 9.12. The number of piperidine rings is 1. The maximum atomic E-state index is 16.0. The second-order valence-electron chi connectivity index (χ2n) is 11.5. The second-order valence-corrected chi connectivity index (χ2v) is 11.5. The van der Waals surface area contributed by atoms with E-state index in [9.17, 15) is 24.7 Å². The predicted octanol–water partition coefficient (Wildman–Crippen LogP) is 4.80. The first kappa shape index (κ1) is 26.4. The number of para-hydroxylation sites is 1. The lowest BCUT2D eigenvalue weighted by Gasteiger charge is -2.37. The van der Waals surface area contributed by atoms with Gasteiger partial charge in [-0.2, -0.15) is 0 Å². The van der Waals surface area contributed by atoms with Gasteiger partial charge in [-0.1, -0.05) is 18.2 Å². The summed E-state index contributed by atoms with van der Waals surface area (Å²) in [6, 6.07) is 8.45. The number of benzene rings is 2. The standard InChI is InChI=1S/C30H30FN5O6/c1-42-28-25-19(27(37)20(30(39)40)13-35(25)17-8-9-17)11-21(31)26(28)34-12-16-5-4-10-33(23(16)14-34)15-36-22-7-3-2-6-18(22)24(32-41)29(36)38/h2-3,6-7,11,13,16-17,23,38H,4-5,8-10,12,14-15H2,1H3,(H,39,40)/t16-,23+/m0/s1. The first-order valence-electron chi connectivity index (χ1n) is 14.1. The highest BCUT2D eigenvalue weighted by Gasteiger charge is 2.42. The molecule has 7 rings (SSSR count). The maximum absolute atomic E-state index is 16.0. The molecule has 12 heteroatoms. The van der Waals surface area contributed by atoms with Crippen molar-refractivity contribution in [2.75, 3.05) is 31.6 Å². The second kappa shape index (κ2) is 9.83. The molecule has 3 fully saturated rings. The van der Waals surface area contributed by atoms with Crippen LogP contribution in [0.1, 0.15) is 42.1 Å². The van der Waals surface area contributed by atoms with Gasteiger partial charge in [0.05, 0.1) is 30.2 Å². The molecule has 4 aromatic rings. The number of likely N-dealkylation sites (tertiary alicyclic amines) is 1. The lowest BCUT2D eigenvalue weighted by molar-refractivity contribution is 0.0694. The number of carboxylic acid groups (broad SMARTS) is 1. The Morgan fingerprint density at radius 2 is 1.95 bits per heavy atom. The molecule has 42 heavy (non-hydrogen) atoms. The van der Waals surface area contributed by atoms with Crippen LogP contribution in [-0.4, -0.2) is 63.0 Å². The number of carboxylic acids is 1. The molecule has 2 aliphatic heterocycles. The van der Waals surface area contributed by atoms with E-state index in [1.807, 2.05) is 17.0 Å². The Morgan fingerprint density at radius 1 is 1.17 bits per heavy atom. The summed E-state index contributed by atoms with van der Waals surface area (Å²) in [6.45, 7) is 2.16. The SMILES string of the molecule is COc1c(N2C[C@@H]3CCCN(Cn4c(O)c(N=O)c5ccccc54)[C@@H]3C2)c(F)cc2c(=O)c(C(=O)O)cn(C3CC3)c12. The van der Waals surface area contributed by atoms with E-state index in [0.29, 0.717) is 36.2 Å². The van der Waals surface area contributed by atoms with Crippen molar-refractivity contribution in [2.45, 2.75) is 44.4 Å². The molecule has 11 nitrogen and oxygen atoms in total. The van der Waals surface area contributed by atoms with E-state index in [4.69, 9.17) is 4.74 Å². The zero-order valence-corrected chi connectivity index (χ0v) is 23.0. The Balaban J connectivity index is 1.28. The van der Waals surface area contributed by atoms with Crippen LogP contribution < -0.4 is 15.1 Å². The zero-order valence-electron chi connectivity index (χ0n) is 23.0. The van der Waals surface area contributed by atoms with Gasteiger partial charge >= 0.3 is 5.97 Å². The number of rotatable bonds is 7. The normalized spacial score (nSPS) is 20.8. The van der Waals surface area contributed by atoms with Crippen LogP contribution in [0.15, 0.2) is 46.5 Å². The summed E-state index contributed by atoms with van der Waals surface area (Å²) in [5.41, 5.74) is 0.279. The fourth-order valence-corrected chi connectivity index (χ4v) is 7.04. The number of aromatic carboxylic acids is 1. The van der Waals surface area contributed by atoms with Crippen LogP contribution in [0.25, 0.3) is 21.8 Å². The number of aromatic hydroxyl groups is 1. The van der Waals surface area contributed by atoms with E-state index in [1.54, 1.807) is 21.3 Å². The van der Waals surface area contributed by atoms with Crippen molar-refractivity contribution < 1.29 is 24.1 Å². The van der Waals surface area contributed by atoms with Crippen LogP contribution in [0, 0.1) is 16.6 Å². The van der Waals surface area contributed by atoms with Crippen molar-refractivity contribution in [1.82, 2.24) is 14.0 Å². The number of hydrogen-bond acceptors (Lipinski definition) is 8. The number of hydrogen-bond donors (Lipinski definition) is 2. The number of ether oxygens (including phenoxy) is 1. The molecule has 2 aromatic heterocycles. The topological polar surface area (TPSA) is 130 Å². The smallest absolute Gasteiger partial charge is 0.341 e. The average Bonchev–Trinajstić information content (AvgIpc) is 3.67. The first-order chi connectivity index (χ1) is 20.3. The van der Waals surface area contributed by atoms with Gasteiger partial charge in [0.15, 0.2) is 17.3 Å². The number of carbonyl (C=O) groups is 1. The minimum Gasteiger partial charge on any atom is -0.493 e. The molecule has 0 amide bonds. The van der Waals surface area contributed by atoms with Gasteiger partial charge in [0, 0.05) is 43.3 Å². The fourth-order valence-electron chi connectivity index (χ4n) is 7.04. The molecule has 0 bridgehead atoms. The van der Waals surface area contributed by atoms with Crippen molar-refractivity contribution in [3.05, 3.63) is 63.0 Å². The number of nitrogens with zero attached hydrogens (tertiary/aromatic N) is 5. The average molecular weight is 576 g/mol. The molecule has 2 atom stereocenters. The van der Waals surface area contributed by atoms with Crippen molar-refractivity contribution in [3.63, 3.8) is 0 Å². The van der Waals surface area contributed by atoms with Gasteiger partial charge < -0.3 is 24.4 Å². The lowest BCUT2D eigenvalue weighted by Crippen LogP contribution is -2.45. The molecule has 0 unspecified atom stereocenters. The molecule has 3 aliphatic rings. The summed E-state index contributed by atoms with van der Waals surface area (Å²) < 4.78 is 25.2. The number of nitroso groups, excluding NO2 is 1. The predicted molar refractivity (Wildman–Crippen MR) is 154 cm³/mol. The molecule has 2 saturated heterocycles. The van der Waals surface area contributed by atoms with E-state index in [-0.39, 0.29) is 52.0 Å². The Bertz CT molecular complexity index is 1830. The fraction of sp³-hybridized carbons (Fsp3) is 0.400. The lowest BCUT2D eigenvalue weighted by atomic mass is 9.92. The summed E-state index contributed by atoms with van der Waals surface area (Å²) in [5.74, 6) is -1.72. The third kappa shape index (κ3) is 3.96. The highest BCUT2D eigenvalue weighted by Crippen LogP contribution is 2.46. The van der Waals surface area contributed by atoms with Gasteiger partial charge in [0.2, 0.25) is 11.3 Å². The number of fused-ring (bicyclic) bond motifs is 3. The number of aromatic nitrogens is 2. The molecule has 0 spiro atoms. The van der Waals surface area contributed by atoms with E-state index in [1.165, 1.54) is 13.3 Å². The third-order valence-electron chi connectivity index (χ3n) is 9.12. The molecule has 1 aliphatic carbocycles. The quantitative estimate of drug-likeness (QED) is 0.301. The number of anilines is 1. The summed E-state index contributed by atoms with van der Waals surface area (Å²) in [6.07, 6.45) is 4.89. The van der Waals surface area contributed by atoms with Crippen molar-refractivity contribution in [2.24, 2.45) is 11.1 Å². The van der Waals surface area contributed by atoms with Crippen LogP contribution in [-0.2, 0) is 6.67 Å². The van der Waals surface area contributed by atoms with E-state index >= 15 is 4.39 Å². The molecule has 218 valence electrons. The van der Waals surface area contributed by atoms with E-state index < -0.39 is 17.2 Å². The summed E-state index contributed by atoms with van der Waals surface area (Å²) in [4.78, 5) is 40.6. The maximum Gasteiger partial charge on any atom is 0.341 e. The number of pyridine rings is 1. The van der Waals surface area contributed by atoms with Gasteiger partial charge in [-0.25, -0.2) is 9.18 Å². The Kier molecular flexibility index (Phi) is 6.19. The summed E-state index contributed by atoms with van der Waals surface area (Å²) in [5, 5.41) is 24.1. The van der Waals surface area contributed by atoms with Gasteiger partial charge in [-0.05, 0) is 48.9 Å². The highest BCUT2D eigenvalue weighted by atomic mass is 19.1. The van der Waals surface area contributed by atoms with Crippen LogP contribution in [0.4, 0.5) is 15.8 Å². The van der Waals surface area contributed by atoms with Gasteiger partial charge in [-0.15, -0.1) is 4.91 Å². The molecular weight excluding hydrogens is 545 g/mol. The van der Waals surface area contributed by atoms with E-state index in [0.717, 1.165) is 38.3 Å². The summed E-state index contributed by atoms with van der Waals surface area (Å²) >= 11 is 0. The van der Waals surface area contributed by atoms with Crippen LogP contribution in [0.5, 0.6) is 11.6 Å². The Labute approximate surface area is 239 Å². The van der Waals surface area contributed by atoms with Crippen LogP contribution in [0.2, 0.25) is 0 Å². The molecular formula is C30H30FN5O6. The highest BCUT2D eigenvalue weighted by molar-refractivity contribution is 5.97.